The molecule has 1 aliphatic carbocycles. The lowest BCUT2D eigenvalue weighted by Crippen LogP contribution is -2.14. The van der Waals surface area contributed by atoms with Crippen molar-refractivity contribution in [2.24, 2.45) is 13.0 Å². The summed E-state index contributed by atoms with van der Waals surface area (Å²) in [5.41, 5.74) is 3.41. The molecule has 2 N–H and O–H groups in total. The zero-order valence-electron chi connectivity index (χ0n) is 18.7. The summed E-state index contributed by atoms with van der Waals surface area (Å²) in [4.78, 5) is 25.2. The van der Waals surface area contributed by atoms with Crippen molar-refractivity contribution in [3.05, 3.63) is 42.6 Å². The van der Waals surface area contributed by atoms with E-state index < -0.39 is 6.43 Å². The molecule has 1 amide bonds. The van der Waals surface area contributed by atoms with Gasteiger partial charge in [-0.3, -0.25) is 9.13 Å². The SMILES string of the molecule is COc1cc(-c2cncn2C)ccc1Nc1cc(NC(=O)C2CC2)nc2c1nc(C(F)F)n2PI. The maximum atomic E-state index is 13.7. The minimum atomic E-state index is -2.77. The van der Waals surface area contributed by atoms with E-state index in [0.717, 1.165) is 24.1 Å². The number of methoxy groups -OCH3 is 1. The van der Waals surface area contributed by atoms with Gasteiger partial charge < -0.3 is 19.9 Å². The molecule has 5 rings (SSSR count). The monoisotopic (exact) mass is 611 g/mol. The Kier molecular flexibility index (Phi) is 6.58. The molecule has 9 nitrogen and oxygen atoms in total. The third kappa shape index (κ3) is 4.68. The number of hydrogen-bond donors (Lipinski definition) is 2. The summed E-state index contributed by atoms with van der Waals surface area (Å²) in [6, 6.07) is 7.22. The van der Waals surface area contributed by atoms with Crippen LogP contribution in [0.25, 0.3) is 22.4 Å². The van der Waals surface area contributed by atoms with Crippen molar-refractivity contribution in [1.29, 1.82) is 0 Å². The molecule has 13 heteroatoms. The van der Waals surface area contributed by atoms with E-state index >= 15 is 0 Å². The Labute approximate surface area is 214 Å². The highest BCUT2D eigenvalue weighted by atomic mass is 127. The first-order valence-electron chi connectivity index (χ1n) is 10.7. The number of amides is 1. The minimum absolute atomic E-state index is 0.0310. The van der Waals surface area contributed by atoms with Gasteiger partial charge in [-0.15, -0.1) is 0 Å². The standard InChI is InChI=1S/C22H21F2IN7O2P/c1-31-10-26-9-15(31)12-5-6-13(16(7-12)34-2)27-14-8-17(29-22(33)11-3-4-11)28-20-18(14)30-21(19(23)24)32(20)35-25/h5-11,19,35H,3-4H2,1-2H3,(H2,27,28,29,33). The molecule has 3 heterocycles. The Balaban J connectivity index is 1.59. The van der Waals surface area contributed by atoms with Crippen LogP contribution in [0, 0.1) is 5.92 Å². The number of pyridine rings is 1. The number of ether oxygens (including phenoxy) is 1. The second kappa shape index (κ2) is 9.65. The van der Waals surface area contributed by atoms with Crippen LogP contribution in [0.4, 0.5) is 26.0 Å². The third-order valence-electron chi connectivity index (χ3n) is 5.70. The predicted molar refractivity (Wildman–Crippen MR) is 140 cm³/mol. The molecule has 4 aromatic rings. The van der Waals surface area contributed by atoms with Crippen molar-refractivity contribution in [3.63, 3.8) is 0 Å². The van der Waals surface area contributed by atoms with Gasteiger partial charge in [-0.2, -0.15) is 0 Å². The molecule has 1 fully saturated rings. The lowest BCUT2D eigenvalue weighted by atomic mass is 10.1. The number of nitrogens with zero attached hydrogens (tertiary/aromatic N) is 5. The average Bonchev–Trinajstić information content (AvgIpc) is 3.50. The largest absolute Gasteiger partial charge is 0.495 e. The van der Waals surface area contributed by atoms with Crippen LogP contribution in [0.1, 0.15) is 25.1 Å². The predicted octanol–water partition coefficient (Wildman–Crippen LogP) is 5.66. The molecule has 1 unspecified atom stereocenters. The number of aromatic nitrogens is 5. The number of aryl methyl sites for hydroxylation is 1. The van der Waals surface area contributed by atoms with Crippen LogP contribution >= 0.6 is 28.4 Å². The highest BCUT2D eigenvalue weighted by Gasteiger charge is 2.30. The van der Waals surface area contributed by atoms with E-state index in [1.807, 2.05) is 51.9 Å². The lowest BCUT2D eigenvalue weighted by Gasteiger charge is -2.15. The summed E-state index contributed by atoms with van der Waals surface area (Å²) in [6.45, 7) is 0. The highest BCUT2D eigenvalue weighted by Crippen LogP contribution is 2.40. The maximum absolute atomic E-state index is 13.7. The van der Waals surface area contributed by atoms with Crippen molar-refractivity contribution >= 4 is 62.7 Å². The van der Waals surface area contributed by atoms with Gasteiger partial charge in [0.1, 0.15) is 17.1 Å². The smallest absolute Gasteiger partial charge is 0.295 e. The summed E-state index contributed by atoms with van der Waals surface area (Å²) in [5.74, 6) is 0.294. The van der Waals surface area contributed by atoms with Crippen LogP contribution in [-0.2, 0) is 11.8 Å². The zero-order chi connectivity index (χ0) is 24.7. The van der Waals surface area contributed by atoms with Gasteiger partial charge in [-0.1, -0.05) is 6.07 Å². The van der Waals surface area contributed by atoms with E-state index in [9.17, 15) is 13.6 Å². The molecule has 0 spiro atoms. The number of carbonyl (C=O) groups is 1. The molecule has 1 aromatic carbocycles. The summed E-state index contributed by atoms with van der Waals surface area (Å²) >= 11 is 2.02. The molecular formula is C22H21F2IN7O2P. The first kappa shape index (κ1) is 23.9. The van der Waals surface area contributed by atoms with Gasteiger partial charge in [0.25, 0.3) is 6.43 Å². The van der Waals surface area contributed by atoms with E-state index in [-0.39, 0.29) is 41.0 Å². The highest BCUT2D eigenvalue weighted by molar-refractivity contribution is 14.2. The molecule has 1 atom stereocenters. The van der Waals surface area contributed by atoms with Crippen LogP contribution in [0.3, 0.4) is 0 Å². The van der Waals surface area contributed by atoms with Crippen molar-refractivity contribution in [1.82, 2.24) is 23.9 Å². The van der Waals surface area contributed by atoms with Gasteiger partial charge >= 0.3 is 0 Å². The number of carbonyl (C=O) groups excluding carboxylic acids is 1. The maximum Gasteiger partial charge on any atom is 0.295 e. The summed E-state index contributed by atoms with van der Waals surface area (Å²) in [7, 11) is 3.45. The number of imidazole rings is 2. The van der Waals surface area contributed by atoms with Gasteiger partial charge in [-0.05, 0) is 47.0 Å². The van der Waals surface area contributed by atoms with E-state index in [0.29, 0.717) is 17.1 Å². The van der Waals surface area contributed by atoms with Crippen molar-refractivity contribution in [3.8, 4) is 17.0 Å². The van der Waals surface area contributed by atoms with Crippen LogP contribution in [0.15, 0.2) is 36.8 Å². The molecule has 0 radical (unpaired) electrons. The van der Waals surface area contributed by atoms with Gasteiger partial charge in [0.15, 0.2) is 11.5 Å². The molecule has 0 saturated heterocycles. The molecular weight excluding hydrogens is 590 g/mol. The Morgan fingerprint density at radius 3 is 2.69 bits per heavy atom. The Morgan fingerprint density at radius 1 is 1.26 bits per heavy atom. The minimum Gasteiger partial charge on any atom is -0.495 e. The molecule has 1 aliphatic rings. The number of nitrogens with one attached hydrogen (secondary N) is 2. The topological polar surface area (TPSA) is 98.9 Å². The Morgan fingerprint density at radius 2 is 2.06 bits per heavy atom. The molecule has 0 aliphatic heterocycles. The number of fused-ring (bicyclic) bond motifs is 1. The fraction of sp³-hybridized carbons (Fsp3) is 0.273. The lowest BCUT2D eigenvalue weighted by molar-refractivity contribution is -0.117. The zero-order valence-corrected chi connectivity index (χ0v) is 21.9. The van der Waals surface area contributed by atoms with E-state index in [1.165, 1.54) is 4.34 Å². The van der Waals surface area contributed by atoms with Crippen LogP contribution in [-0.4, -0.2) is 36.9 Å². The second-order valence-corrected chi connectivity index (χ2v) is 10.2. The van der Waals surface area contributed by atoms with E-state index in [2.05, 4.69) is 25.6 Å². The fourth-order valence-corrected chi connectivity index (χ4v) is 5.66. The fourth-order valence-electron chi connectivity index (χ4n) is 3.76. The van der Waals surface area contributed by atoms with Crippen LogP contribution in [0.2, 0.25) is 0 Å². The number of benzene rings is 1. The second-order valence-electron chi connectivity index (χ2n) is 8.11. The number of alkyl halides is 2. The van der Waals surface area contributed by atoms with Crippen LogP contribution < -0.4 is 15.4 Å². The van der Waals surface area contributed by atoms with Crippen LogP contribution in [0.5, 0.6) is 5.75 Å². The van der Waals surface area contributed by atoms with E-state index in [1.54, 1.807) is 25.7 Å². The molecule has 1 saturated carbocycles. The molecule has 0 bridgehead atoms. The first-order valence-corrected chi connectivity index (χ1v) is 14.8. The van der Waals surface area contributed by atoms with Gasteiger partial charge in [0.05, 0.1) is 43.1 Å². The van der Waals surface area contributed by atoms with Gasteiger partial charge in [-0.25, -0.2) is 23.7 Å². The molecule has 182 valence electrons. The van der Waals surface area contributed by atoms with E-state index in [4.69, 9.17) is 4.74 Å². The number of hydrogen-bond acceptors (Lipinski definition) is 6. The average molecular weight is 611 g/mol. The number of anilines is 3. The normalized spacial score (nSPS) is 13.8. The molecule has 35 heavy (non-hydrogen) atoms. The number of halogens is 3. The number of rotatable bonds is 8. The summed E-state index contributed by atoms with van der Waals surface area (Å²) < 4.78 is 36.4. The van der Waals surface area contributed by atoms with Gasteiger partial charge in [0.2, 0.25) is 5.91 Å². The van der Waals surface area contributed by atoms with Crippen molar-refractivity contribution < 1.29 is 18.3 Å². The summed E-state index contributed by atoms with van der Waals surface area (Å²) in [6.07, 6.45) is 2.33. The third-order valence-corrected chi connectivity index (χ3v) is 7.76. The summed E-state index contributed by atoms with van der Waals surface area (Å²) in [5, 5.41) is 6.07. The Bertz CT molecular complexity index is 1420. The quantitative estimate of drug-likeness (QED) is 0.197. The van der Waals surface area contributed by atoms with Gasteiger partial charge in [0, 0.05) is 24.6 Å². The molecule has 3 aromatic heterocycles. The van der Waals surface area contributed by atoms with Crippen molar-refractivity contribution in [2.75, 3.05) is 17.7 Å². The first-order chi connectivity index (χ1) is 16.9. The van der Waals surface area contributed by atoms with Crippen molar-refractivity contribution in [2.45, 2.75) is 19.3 Å². The Hall–Kier alpha value is -2.86.